The zero-order valence-corrected chi connectivity index (χ0v) is 9.56. The predicted octanol–water partition coefficient (Wildman–Crippen LogP) is 2.23. The largest absolute Gasteiger partial charge is 0.390 e. The van der Waals surface area contributed by atoms with Crippen molar-refractivity contribution < 1.29 is 13.2 Å². The van der Waals surface area contributed by atoms with Gasteiger partial charge in [-0.2, -0.15) is 13.2 Å². The zero-order chi connectivity index (χ0) is 12.7. The molecule has 0 saturated heterocycles. The van der Waals surface area contributed by atoms with Gasteiger partial charge in [0.2, 0.25) is 0 Å². The summed E-state index contributed by atoms with van der Waals surface area (Å²) in [7, 11) is 0. The molecular formula is C12H17F3N2. The van der Waals surface area contributed by atoms with Gasteiger partial charge in [-0.3, -0.25) is 0 Å². The van der Waals surface area contributed by atoms with Gasteiger partial charge < -0.3 is 11.1 Å². The molecule has 5 heteroatoms. The van der Waals surface area contributed by atoms with Crippen LogP contribution >= 0.6 is 0 Å². The summed E-state index contributed by atoms with van der Waals surface area (Å²) in [4.78, 5) is 0. The molecule has 96 valence electrons. The van der Waals surface area contributed by atoms with Crippen molar-refractivity contribution in [2.24, 2.45) is 5.73 Å². The van der Waals surface area contributed by atoms with Gasteiger partial charge in [0.15, 0.2) is 0 Å². The molecule has 3 N–H and O–H groups in total. The summed E-state index contributed by atoms with van der Waals surface area (Å²) in [6.45, 7) is 0.937. The van der Waals surface area contributed by atoms with E-state index < -0.39 is 12.6 Å². The monoisotopic (exact) mass is 246 g/mol. The first kappa shape index (κ1) is 14.0. The maximum Gasteiger partial charge on any atom is 0.390 e. The maximum absolute atomic E-state index is 11.9. The smallest absolute Gasteiger partial charge is 0.330 e. The van der Waals surface area contributed by atoms with E-state index in [4.69, 9.17) is 5.73 Å². The molecule has 17 heavy (non-hydrogen) atoms. The van der Waals surface area contributed by atoms with Crippen LogP contribution in [0.5, 0.6) is 0 Å². The Morgan fingerprint density at radius 1 is 1.12 bits per heavy atom. The summed E-state index contributed by atoms with van der Waals surface area (Å²) < 4.78 is 35.8. The van der Waals surface area contributed by atoms with Crippen molar-refractivity contribution in [2.75, 3.05) is 13.1 Å². The van der Waals surface area contributed by atoms with E-state index in [9.17, 15) is 13.2 Å². The molecular weight excluding hydrogens is 229 g/mol. The van der Waals surface area contributed by atoms with Crippen LogP contribution in [-0.2, 0) is 13.0 Å². The molecule has 0 unspecified atom stereocenters. The Balaban J connectivity index is 2.41. The first-order valence-corrected chi connectivity index (χ1v) is 5.57. The Kier molecular flexibility index (Phi) is 5.44. The first-order chi connectivity index (χ1) is 8.03. The minimum Gasteiger partial charge on any atom is -0.330 e. The number of nitrogens with two attached hydrogens (primary N) is 1. The summed E-state index contributed by atoms with van der Waals surface area (Å²) in [6, 6.07) is 7.64. The molecule has 0 heterocycles. The number of hydrogen-bond donors (Lipinski definition) is 2. The molecule has 1 rings (SSSR count). The topological polar surface area (TPSA) is 38.0 Å². The molecule has 0 spiro atoms. The zero-order valence-electron chi connectivity index (χ0n) is 9.56. The number of benzene rings is 1. The van der Waals surface area contributed by atoms with E-state index in [2.05, 4.69) is 5.32 Å². The average molecular weight is 246 g/mol. The summed E-state index contributed by atoms with van der Waals surface area (Å²) in [5.74, 6) is 0. The molecule has 2 nitrogen and oxygen atoms in total. The van der Waals surface area contributed by atoms with E-state index >= 15 is 0 Å². The number of rotatable bonds is 6. The van der Waals surface area contributed by atoms with Gasteiger partial charge in [0.25, 0.3) is 0 Å². The lowest BCUT2D eigenvalue weighted by Crippen LogP contribution is -2.22. The third-order valence-corrected chi connectivity index (χ3v) is 2.43. The van der Waals surface area contributed by atoms with Crippen LogP contribution < -0.4 is 11.1 Å². The highest BCUT2D eigenvalue weighted by Crippen LogP contribution is 2.18. The van der Waals surface area contributed by atoms with Crippen molar-refractivity contribution >= 4 is 0 Å². The summed E-state index contributed by atoms with van der Waals surface area (Å²) >= 11 is 0. The van der Waals surface area contributed by atoms with Crippen molar-refractivity contribution in [3.8, 4) is 0 Å². The Labute approximate surface area is 99.0 Å². The van der Waals surface area contributed by atoms with E-state index in [0.717, 1.165) is 17.5 Å². The van der Waals surface area contributed by atoms with E-state index in [1.54, 1.807) is 0 Å². The Morgan fingerprint density at radius 2 is 1.76 bits per heavy atom. The van der Waals surface area contributed by atoms with Crippen LogP contribution in [0.15, 0.2) is 24.3 Å². The number of hydrogen-bond acceptors (Lipinski definition) is 2. The van der Waals surface area contributed by atoms with Gasteiger partial charge in [-0.25, -0.2) is 0 Å². The lowest BCUT2D eigenvalue weighted by molar-refractivity contribution is -0.133. The van der Waals surface area contributed by atoms with Crippen molar-refractivity contribution in [1.29, 1.82) is 0 Å². The van der Waals surface area contributed by atoms with Gasteiger partial charge in [-0.05, 0) is 24.1 Å². The van der Waals surface area contributed by atoms with Crippen molar-refractivity contribution in [3.63, 3.8) is 0 Å². The van der Waals surface area contributed by atoms with Gasteiger partial charge in [-0.15, -0.1) is 0 Å². The molecule has 0 bridgehead atoms. The van der Waals surface area contributed by atoms with Crippen LogP contribution in [0.2, 0.25) is 0 Å². The second kappa shape index (κ2) is 6.61. The molecule has 0 atom stereocenters. The van der Waals surface area contributed by atoms with Crippen molar-refractivity contribution in [3.05, 3.63) is 35.4 Å². The highest BCUT2D eigenvalue weighted by molar-refractivity contribution is 5.27. The molecule has 0 amide bonds. The van der Waals surface area contributed by atoms with Gasteiger partial charge in [0.1, 0.15) is 0 Å². The van der Waals surface area contributed by atoms with Crippen molar-refractivity contribution in [1.82, 2.24) is 5.32 Å². The van der Waals surface area contributed by atoms with E-state index in [0.29, 0.717) is 13.1 Å². The fourth-order valence-corrected chi connectivity index (χ4v) is 1.58. The summed E-state index contributed by atoms with van der Waals surface area (Å²) in [6.07, 6.45) is -4.15. The highest BCUT2D eigenvalue weighted by Gasteiger charge is 2.25. The Morgan fingerprint density at radius 3 is 2.35 bits per heavy atom. The molecule has 1 aromatic carbocycles. The maximum atomic E-state index is 11.9. The lowest BCUT2D eigenvalue weighted by atomic mass is 10.0. The van der Waals surface area contributed by atoms with Gasteiger partial charge in [-0.1, -0.05) is 24.3 Å². The summed E-state index contributed by atoms with van der Waals surface area (Å²) in [5.41, 5.74) is 7.58. The molecule has 0 fully saturated rings. The number of halogens is 3. The highest BCUT2D eigenvalue weighted by atomic mass is 19.4. The molecule has 0 radical (unpaired) electrons. The molecule has 0 aliphatic carbocycles. The summed E-state index contributed by atoms with van der Waals surface area (Å²) in [5, 5.41) is 2.80. The van der Waals surface area contributed by atoms with Gasteiger partial charge >= 0.3 is 6.18 Å². The molecule has 1 aromatic rings. The predicted molar refractivity (Wildman–Crippen MR) is 61.6 cm³/mol. The minimum atomic E-state index is -4.09. The molecule has 0 saturated carbocycles. The van der Waals surface area contributed by atoms with Crippen LogP contribution in [0.25, 0.3) is 0 Å². The third kappa shape index (κ3) is 5.70. The fraction of sp³-hybridized carbons (Fsp3) is 0.500. The average Bonchev–Trinajstić information content (AvgIpc) is 2.25. The number of alkyl halides is 3. The minimum absolute atomic E-state index is 0.0551. The van der Waals surface area contributed by atoms with E-state index in [1.807, 2.05) is 24.3 Å². The third-order valence-electron chi connectivity index (χ3n) is 2.43. The molecule has 0 aromatic heterocycles. The number of nitrogens with one attached hydrogen (secondary N) is 1. The quantitative estimate of drug-likeness (QED) is 0.755. The van der Waals surface area contributed by atoms with Crippen LogP contribution in [0.3, 0.4) is 0 Å². The molecule has 0 aliphatic heterocycles. The standard InChI is InChI=1S/C12H17F3N2/c13-12(14,15)6-8-17-9-11-4-2-1-3-10(11)5-7-16/h1-4,17H,5-9,16H2. The van der Waals surface area contributed by atoms with Crippen molar-refractivity contribution in [2.45, 2.75) is 25.6 Å². The van der Waals surface area contributed by atoms with Crippen LogP contribution in [0.1, 0.15) is 17.5 Å². The normalized spacial score (nSPS) is 11.8. The van der Waals surface area contributed by atoms with Gasteiger partial charge in [0.05, 0.1) is 6.42 Å². The Bertz CT molecular complexity index is 337. The first-order valence-electron chi connectivity index (χ1n) is 5.57. The fourth-order valence-electron chi connectivity index (χ4n) is 1.58. The van der Waals surface area contributed by atoms with Crippen LogP contribution in [-0.4, -0.2) is 19.3 Å². The van der Waals surface area contributed by atoms with Gasteiger partial charge in [0, 0.05) is 13.1 Å². The Hall–Kier alpha value is -1.07. The SMILES string of the molecule is NCCc1ccccc1CNCCC(F)(F)F. The van der Waals surface area contributed by atoms with Crippen LogP contribution in [0, 0.1) is 0 Å². The van der Waals surface area contributed by atoms with Crippen LogP contribution in [0.4, 0.5) is 13.2 Å². The second-order valence-corrected chi connectivity index (χ2v) is 3.85. The molecule has 0 aliphatic rings. The second-order valence-electron chi connectivity index (χ2n) is 3.85. The van der Waals surface area contributed by atoms with E-state index in [1.165, 1.54) is 0 Å². The van der Waals surface area contributed by atoms with E-state index in [-0.39, 0.29) is 6.54 Å². The lowest BCUT2D eigenvalue weighted by Gasteiger charge is -2.11.